The smallest absolute Gasteiger partial charge is 0.279 e. The minimum atomic E-state index is -0.426. The van der Waals surface area contributed by atoms with Crippen LogP contribution in [0, 0.1) is 12.7 Å². The Labute approximate surface area is 184 Å². The number of carbonyl (C=O) groups is 2. The van der Waals surface area contributed by atoms with E-state index >= 15 is 0 Å². The molecule has 6 nitrogen and oxygen atoms in total. The highest BCUT2D eigenvalue weighted by Crippen LogP contribution is 2.10. The summed E-state index contributed by atoms with van der Waals surface area (Å²) in [6, 6.07) is 12.7. The normalized spacial score (nSPS) is 11.7. The Kier molecular flexibility index (Phi) is 7.49. The van der Waals surface area contributed by atoms with Gasteiger partial charge in [-0.3, -0.25) is 9.59 Å². The molecule has 0 aliphatic carbocycles. The summed E-state index contributed by atoms with van der Waals surface area (Å²) in [5, 5.41) is 2.91. The van der Waals surface area contributed by atoms with Gasteiger partial charge in [0.2, 0.25) is 0 Å². The Bertz CT molecular complexity index is 1130. The van der Waals surface area contributed by atoms with Gasteiger partial charge in [-0.2, -0.15) is 4.99 Å². The Morgan fingerprint density at radius 3 is 2.58 bits per heavy atom. The number of amides is 2. The predicted molar refractivity (Wildman–Crippen MR) is 120 cm³/mol. The summed E-state index contributed by atoms with van der Waals surface area (Å²) < 4.78 is 15.0. The third kappa shape index (κ3) is 6.44. The standard InChI is InChI=1S/C23H25FN4O2S/c1-16-14-28(23(31-16)26-22(30)18-7-9-20(24)10-8-18)15-17-5-4-6-19(13-17)21(29)25-11-12-27(2)3/h4-10,13-14H,11-12,15H2,1-3H3,(H,25,29). The Hall–Kier alpha value is -3.10. The molecule has 0 saturated heterocycles. The minimum Gasteiger partial charge on any atom is -0.351 e. The largest absolute Gasteiger partial charge is 0.351 e. The van der Waals surface area contributed by atoms with E-state index in [0.29, 0.717) is 29.0 Å². The van der Waals surface area contributed by atoms with Crippen molar-refractivity contribution < 1.29 is 14.0 Å². The number of benzene rings is 2. The number of hydrogen-bond acceptors (Lipinski definition) is 4. The van der Waals surface area contributed by atoms with Gasteiger partial charge in [0.05, 0.1) is 0 Å². The highest BCUT2D eigenvalue weighted by molar-refractivity contribution is 7.09. The fraction of sp³-hybridized carbons (Fsp3) is 0.261. The molecule has 1 N–H and O–H groups in total. The van der Waals surface area contributed by atoms with Crippen LogP contribution in [0.3, 0.4) is 0 Å². The zero-order chi connectivity index (χ0) is 22.4. The molecule has 0 aliphatic rings. The van der Waals surface area contributed by atoms with Crippen LogP contribution in [0.1, 0.15) is 31.2 Å². The van der Waals surface area contributed by atoms with E-state index in [1.165, 1.54) is 35.6 Å². The molecule has 2 amide bonds. The summed E-state index contributed by atoms with van der Waals surface area (Å²) in [5.74, 6) is -0.944. The maximum absolute atomic E-state index is 13.1. The SMILES string of the molecule is Cc1cn(Cc2cccc(C(=O)NCCN(C)C)c2)c(=NC(=O)c2ccc(F)cc2)s1. The first-order chi connectivity index (χ1) is 14.8. The summed E-state index contributed by atoms with van der Waals surface area (Å²) in [5.41, 5.74) is 1.84. The van der Waals surface area contributed by atoms with Gasteiger partial charge < -0.3 is 14.8 Å². The Morgan fingerprint density at radius 1 is 1.13 bits per heavy atom. The van der Waals surface area contributed by atoms with Crippen LogP contribution in [-0.2, 0) is 6.54 Å². The zero-order valence-electron chi connectivity index (χ0n) is 17.8. The molecule has 1 aromatic heterocycles. The molecular formula is C23H25FN4O2S. The van der Waals surface area contributed by atoms with Crippen LogP contribution in [0.25, 0.3) is 0 Å². The van der Waals surface area contributed by atoms with Crippen LogP contribution in [-0.4, -0.2) is 48.5 Å². The number of nitrogens with zero attached hydrogens (tertiary/aromatic N) is 3. The van der Waals surface area contributed by atoms with E-state index in [0.717, 1.165) is 17.0 Å². The lowest BCUT2D eigenvalue weighted by Gasteiger charge is -2.11. The number of aromatic nitrogens is 1. The second kappa shape index (κ2) is 10.3. The van der Waals surface area contributed by atoms with Gasteiger partial charge in [-0.1, -0.05) is 12.1 Å². The maximum atomic E-state index is 13.1. The number of thiazole rings is 1. The molecule has 8 heteroatoms. The van der Waals surface area contributed by atoms with Crippen molar-refractivity contribution >= 4 is 23.2 Å². The summed E-state index contributed by atoms with van der Waals surface area (Å²) in [4.78, 5) is 32.7. The molecule has 0 spiro atoms. The second-order valence-corrected chi connectivity index (χ2v) is 8.65. The van der Waals surface area contributed by atoms with Crippen molar-refractivity contribution in [3.05, 3.63) is 86.9 Å². The van der Waals surface area contributed by atoms with Crippen LogP contribution in [0.5, 0.6) is 0 Å². The summed E-state index contributed by atoms with van der Waals surface area (Å²) in [7, 11) is 3.91. The van der Waals surface area contributed by atoms with Gasteiger partial charge in [0.15, 0.2) is 4.80 Å². The number of rotatable bonds is 7. The Morgan fingerprint density at radius 2 is 1.87 bits per heavy atom. The maximum Gasteiger partial charge on any atom is 0.279 e. The third-order valence-corrected chi connectivity index (χ3v) is 5.45. The van der Waals surface area contributed by atoms with Crippen LogP contribution < -0.4 is 10.1 Å². The van der Waals surface area contributed by atoms with E-state index in [4.69, 9.17) is 0 Å². The van der Waals surface area contributed by atoms with Crippen LogP contribution in [0.2, 0.25) is 0 Å². The van der Waals surface area contributed by atoms with E-state index in [2.05, 4.69) is 10.3 Å². The van der Waals surface area contributed by atoms with Gasteiger partial charge in [-0.05, 0) is 63.0 Å². The number of hydrogen-bond donors (Lipinski definition) is 1. The monoisotopic (exact) mass is 440 g/mol. The van der Waals surface area contributed by atoms with E-state index in [-0.39, 0.29) is 5.91 Å². The molecule has 162 valence electrons. The van der Waals surface area contributed by atoms with Crippen molar-refractivity contribution in [1.82, 2.24) is 14.8 Å². The molecule has 0 bridgehead atoms. The summed E-state index contributed by atoms with van der Waals surface area (Å²) in [6.45, 7) is 3.75. The van der Waals surface area contributed by atoms with E-state index in [1.54, 1.807) is 6.07 Å². The third-order valence-electron chi connectivity index (χ3n) is 4.51. The number of nitrogens with one attached hydrogen (secondary N) is 1. The first-order valence-corrected chi connectivity index (χ1v) is 10.7. The lowest BCUT2D eigenvalue weighted by atomic mass is 10.1. The van der Waals surface area contributed by atoms with Crippen molar-refractivity contribution in [2.24, 2.45) is 4.99 Å². The van der Waals surface area contributed by atoms with Crippen molar-refractivity contribution in [3.8, 4) is 0 Å². The van der Waals surface area contributed by atoms with Crippen molar-refractivity contribution in [3.63, 3.8) is 0 Å². The summed E-state index contributed by atoms with van der Waals surface area (Å²) in [6.07, 6.45) is 1.92. The fourth-order valence-corrected chi connectivity index (χ4v) is 3.78. The lowest BCUT2D eigenvalue weighted by molar-refractivity contribution is 0.0949. The van der Waals surface area contributed by atoms with Gasteiger partial charge in [0.1, 0.15) is 5.82 Å². The molecule has 0 unspecified atom stereocenters. The first kappa shape index (κ1) is 22.6. The Balaban J connectivity index is 1.78. The highest BCUT2D eigenvalue weighted by Gasteiger charge is 2.09. The number of aryl methyl sites for hydroxylation is 1. The second-order valence-electron chi connectivity index (χ2n) is 7.44. The average Bonchev–Trinajstić information content (AvgIpc) is 3.06. The van der Waals surface area contributed by atoms with E-state index in [1.807, 2.05) is 54.9 Å². The molecule has 3 rings (SSSR count). The summed E-state index contributed by atoms with van der Waals surface area (Å²) >= 11 is 1.40. The van der Waals surface area contributed by atoms with Gasteiger partial charge in [-0.15, -0.1) is 11.3 Å². The van der Waals surface area contributed by atoms with E-state index < -0.39 is 11.7 Å². The van der Waals surface area contributed by atoms with Crippen molar-refractivity contribution in [1.29, 1.82) is 0 Å². The predicted octanol–water partition coefficient (Wildman–Crippen LogP) is 3.08. The molecule has 0 saturated carbocycles. The molecular weight excluding hydrogens is 415 g/mol. The number of carbonyl (C=O) groups excluding carboxylic acids is 2. The van der Waals surface area contributed by atoms with E-state index in [9.17, 15) is 14.0 Å². The molecule has 0 aliphatic heterocycles. The van der Waals surface area contributed by atoms with Crippen LogP contribution in [0.4, 0.5) is 4.39 Å². The van der Waals surface area contributed by atoms with Crippen LogP contribution >= 0.6 is 11.3 Å². The van der Waals surface area contributed by atoms with Gasteiger partial charge in [0.25, 0.3) is 11.8 Å². The molecule has 0 fully saturated rings. The van der Waals surface area contributed by atoms with Crippen molar-refractivity contribution in [2.75, 3.05) is 27.2 Å². The van der Waals surface area contributed by atoms with Gasteiger partial charge >= 0.3 is 0 Å². The molecule has 0 atom stereocenters. The molecule has 3 aromatic rings. The lowest BCUT2D eigenvalue weighted by Crippen LogP contribution is -2.31. The highest BCUT2D eigenvalue weighted by atomic mass is 32.1. The fourth-order valence-electron chi connectivity index (χ4n) is 2.95. The van der Waals surface area contributed by atoms with Crippen molar-refractivity contribution in [2.45, 2.75) is 13.5 Å². The molecule has 1 heterocycles. The molecule has 31 heavy (non-hydrogen) atoms. The van der Waals surface area contributed by atoms with Gasteiger partial charge in [0, 0.05) is 41.8 Å². The molecule has 0 radical (unpaired) electrons. The zero-order valence-corrected chi connectivity index (χ0v) is 18.6. The first-order valence-electron chi connectivity index (χ1n) is 9.85. The van der Waals surface area contributed by atoms with Gasteiger partial charge in [-0.25, -0.2) is 4.39 Å². The quantitative estimate of drug-likeness (QED) is 0.614. The number of likely N-dealkylation sites (N-methyl/N-ethyl adjacent to an activating group) is 1. The molecule has 2 aromatic carbocycles. The topological polar surface area (TPSA) is 66.7 Å². The number of halogens is 1. The average molecular weight is 441 g/mol. The van der Waals surface area contributed by atoms with Crippen LogP contribution in [0.15, 0.2) is 59.7 Å². The minimum absolute atomic E-state index is 0.119.